The number of anilines is 1. The monoisotopic (exact) mass is 429 g/mol. The Morgan fingerprint density at radius 1 is 1.14 bits per heavy atom. The second kappa shape index (κ2) is 7.65. The number of nitrogens with zero attached hydrogens (tertiary/aromatic N) is 4. The van der Waals surface area contributed by atoms with Crippen molar-refractivity contribution in [1.82, 2.24) is 20.2 Å². The maximum Gasteiger partial charge on any atom is 0.357 e. The van der Waals surface area contributed by atoms with Gasteiger partial charge < -0.3 is 10.1 Å². The number of ether oxygens (including phenoxy) is 1. The largest absolute Gasteiger partial charge is 0.464 e. The van der Waals surface area contributed by atoms with Crippen LogP contribution < -0.4 is 5.32 Å². The Labute approximate surface area is 175 Å². The molecule has 3 aromatic rings. The van der Waals surface area contributed by atoms with Crippen molar-refractivity contribution in [3.05, 3.63) is 75.3 Å². The smallest absolute Gasteiger partial charge is 0.357 e. The van der Waals surface area contributed by atoms with E-state index in [1.807, 2.05) is 0 Å². The Morgan fingerprint density at radius 2 is 1.90 bits per heavy atom. The fourth-order valence-corrected chi connectivity index (χ4v) is 3.64. The second-order valence-electron chi connectivity index (χ2n) is 6.11. The van der Waals surface area contributed by atoms with Crippen LogP contribution in [0.3, 0.4) is 0 Å². The molecule has 1 N–H and O–H groups in total. The van der Waals surface area contributed by atoms with Gasteiger partial charge >= 0.3 is 5.97 Å². The summed E-state index contributed by atoms with van der Waals surface area (Å²) in [5, 5.41) is 15.1. The number of ketones is 1. The zero-order chi connectivity index (χ0) is 20.5. The van der Waals surface area contributed by atoms with Crippen LogP contribution in [0.2, 0.25) is 10.0 Å². The Bertz CT molecular complexity index is 1140. The van der Waals surface area contributed by atoms with Gasteiger partial charge in [-0.25, -0.2) is 4.79 Å². The molecule has 0 saturated carbocycles. The van der Waals surface area contributed by atoms with Gasteiger partial charge in [-0.05, 0) is 28.1 Å². The summed E-state index contributed by atoms with van der Waals surface area (Å²) in [7, 11) is 1.22. The summed E-state index contributed by atoms with van der Waals surface area (Å²) >= 11 is 12.4. The van der Waals surface area contributed by atoms with E-state index in [9.17, 15) is 9.59 Å². The van der Waals surface area contributed by atoms with Crippen molar-refractivity contribution in [1.29, 1.82) is 0 Å². The van der Waals surface area contributed by atoms with Gasteiger partial charge in [0.15, 0.2) is 11.5 Å². The maximum absolute atomic E-state index is 13.5. The molecule has 0 aliphatic carbocycles. The van der Waals surface area contributed by atoms with Crippen molar-refractivity contribution >= 4 is 46.6 Å². The number of Topliss-reactive ketones (excluding diaryl/α,β-unsaturated/α-hetero) is 1. The van der Waals surface area contributed by atoms with Crippen LogP contribution in [0.5, 0.6) is 0 Å². The number of aromatic nitrogens is 4. The molecule has 4 rings (SSSR count). The highest BCUT2D eigenvalue weighted by Gasteiger charge is 2.38. The van der Waals surface area contributed by atoms with E-state index in [4.69, 9.17) is 27.9 Å². The predicted molar refractivity (Wildman–Crippen MR) is 107 cm³/mol. The topological polar surface area (TPSA) is 99.0 Å². The number of nitrogens with one attached hydrogen (secondary N) is 1. The molecule has 10 heteroatoms. The summed E-state index contributed by atoms with van der Waals surface area (Å²) in [5.41, 5.74) is 0.937. The first-order valence-electron chi connectivity index (χ1n) is 8.43. The lowest BCUT2D eigenvalue weighted by Crippen LogP contribution is -2.31. The van der Waals surface area contributed by atoms with Crippen molar-refractivity contribution < 1.29 is 14.3 Å². The Morgan fingerprint density at radius 3 is 2.59 bits per heavy atom. The van der Waals surface area contributed by atoms with E-state index in [2.05, 4.69) is 20.8 Å². The lowest BCUT2D eigenvalue weighted by Gasteiger charge is -2.28. The van der Waals surface area contributed by atoms with Gasteiger partial charge in [-0.1, -0.05) is 64.7 Å². The molecule has 0 amide bonds. The van der Waals surface area contributed by atoms with Crippen LogP contribution in [-0.2, 0) is 9.53 Å². The first-order chi connectivity index (χ1) is 14.0. The summed E-state index contributed by atoms with van der Waals surface area (Å²) in [6, 6.07) is 12.6. The average molecular weight is 430 g/mol. The molecule has 1 aromatic heterocycles. The third-order valence-electron chi connectivity index (χ3n) is 4.43. The van der Waals surface area contributed by atoms with E-state index in [1.165, 1.54) is 7.11 Å². The van der Waals surface area contributed by atoms with E-state index in [0.717, 1.165) is 4.68 Å². The number of carbonyl (C=O) groups is 2. The number of halogens is 2. The van der Waals surface area contributed by atoms with Gasteiger partial charge in [0.25, 0.3) is 0 Å². The van der Waals surface area contributed by atoms with Gasteiger partial charge in [-0.2, -0.15) is 4.68 Å². The molecule has 1 aliphatic heterocycles. The van der Waals surface area contributed by atoms with E-state index in [-0.39, 0.29) is 17.2 Å². The number of hydrogen-bond donors (Lipinski definition) is 1. The zero-order valence-corrected chi connectivity index (χ0v) is 16.5. The third kappa shape index (κ3) is 3.37. The van der Waals surface area contributed by atoms with Crippen LogP contribution >= 0.6 is 23.2 Å². The van der Waals surface area contributed by atoms with E-state index >= 15 is 0 Å². The summed E-state index contributed by atoms with van der Waals surface area (Å²) in [4.78, 5) is 26.1. The van der Waals surface area contributed by atoms with Crippen LogP contribution in [0.25, 0.3) is 5.70 Å². The van der Waals surface area contributed by atoms with Crippen molar-refractivity contribution in [2.24, 2.45) is 0 Å². The minimum atomic E-state index is -0.805. The molecule has 0 fully saturated rings. The molecule has 146 valence electrons. The average Bonchev–Trinajstić information content (AvgIpc) is 3.20. The molecule has 0 unspecified atom stereocenters. The van der Waals surface area contributed by atoms with E-state index < -0.39 is 17.8 Å². The second-order valence-corrected chi connectivity index (χ2v) is 6.95. The number of benzene rings is 2. The highest BCUT2D eigenvalue weighted by atomic mass is 35.5. The minimum absolute atomic E-state index is 0.0869. The van der Waals surface area contributed by atoms with Gasteiger partial charge in [0.05, 0.1) is 18.7 Å². The van der Waals surface area contributed by atoms with Crippen LogP contribution in [0.4, 0.5) is 5.95 Å². The van der Waals surface area contributed by atoms with E-state index in [0.29, 0.717) is 21.2 Å². The fourth-order valence-electron chi connectivity index (χ4n) is 3.13. The third-order valence-corrected chi connectivity index (χ3v) is 4.99. The molecule has 1 aliphatic rings. The Hall–Kier alpha value is -3.23. The number of rotatable bonds is 4. The fraction of sp³-hybridized carbons (Fsp3) is 0.105. The summed E-state index contributed by atoms with van der Waals surface area (Å²) in [6.07, 6.45) is 0. The van der Waals surface area contributed by atoms with Crippen molar-refractivity contribution in [2.75, 3.05) is 12.4 Å². The number of methoxy groups -OCH3 is 1. The van der Waals surface area contributed by atoms with Crippen LogP contribution in [-0.4, -0.2) is 39.1 Å². The van der Waals surface area contributed by atoms with Gasteiger partial charge in [0.2, 0.25) is 5.95 Å². The summed E-state index contributed by atoms with van der Waals surface area (Å²) < 4.78 is 6.06. The first-order valence-corrected chi connectivity index (χ1v) is 9.19. The SMILES string of the molecule is COC(=O)C1=C(C(=O)c2ccccc2)[C@H](c2ccc(Cl)cc2Cl)Nc2nnnn21. The molecular formula is C19H13Cl2N5O3. The van der Waals surface area contributed by atoms with Crippen LogP contribution in [0, 0.1) is 0 Å². The molecule has 0 saturated heterocycles. The molecule has 1 atom stereocenters. The predicted octanol–water partition coefficient (Wildman–Crippen LogP) is 3.41. The summed E-state index contributed by atoms with van der Waals surface area (Å²) in [6.45, 7) is 0. The normalized spacial score (nSPS) is 15.5. The quantitative estimate of drug-likeness (QED) is 0.500. The molecular weight excluding hydrogens is 417 g/mol. The molecule has 2 aromatic carbocycles. The molecule has 29 heavy (non-hydrogen) atoms. The van der Waals surface area contributed by atoms with Crippen molar-refractivity contribution in [2.45, 2.75) is 6.04 Å². The van der Waals surface area contributed by atoms with Crippen LogP contribution in [0.1, 0.15) is 22.0 Å². The number of fused-ring (bicyclic) bond motifs is 1. The number of hydrogen-bond acceptors (Lipinski definition) is 7. The van der Waals surface area contributed by atoms with Gasteiger partial charge in [0, 0.05) is 15.6 Å². The first kappa shape index (κ1) is 19.1. The minimum Gasteiger partial charge on any atom is -0.464 e. The van der Waals surface area contributed by atoms with Crippen molar-refractivity contribution in [3.63, 3.8) is 0 Å². The molecule has 2 heterocycles. The van der Waals surface area contributed by atoms with Gasteiger partial charge in [-0.15, -0.1) is 0 Å². The number of carbonyl (C=O) groups excluding carboxylic acids is 2. The van der Waals surface area contributed by atoms with Gasteiger partial charge in [0.1, 0.15) is 0 Å². The Balaban J connectivity index is 1.99. The molecule has 0 spiro atoms. The highest BCUT2D eigenvalue weighted by molar-refractivity contribution is 6.35. The van der Waals surface area contributed by atoms with Gasteiger partial charge in [-0.3, -0.25) is 4.79 Å². The molecule has 0 bridgehead atoms. The van der Waals surface area contributed by atoms with E-state index in [1.54, 1.807) is 48.5 Å². The highest BCUT2D eigenvalue weighted by Crippen LogP contribution is 2.40. The zero-order valence-electron chi connectivity index (χ0n) is 15.0. The number of esters is 1. The lowest BCUT2D eigenvalue weighted by atomic mass is 9.89. The van der Waals surface area contributed by atoms with Crippen LogP contribution in [0.15, 0.2) is 54.1 Å². The molecule has 8 nitrogen and oxygen atoms in total. The number of tetrazole rings is 1. The molecule has 0 radical (unpaired) electrons. The standard InChI is InChI=1S/C19H13Cl2N5O3/c1-29-18(28)16-14(17(27)10-5-3-2-4-6-10)15(22-19-23-24-25-26(16)19)12-8-7-11(20)9-13(12)21/h2-9,15H,1H3,(H,22,23,25)/t15-/m0/s1. The maximum atomic E-state index is 13.5. The van der Waals surface area contributed by atoms with Crippen molar-refractivity contribution in [3.8, 4) is 0 Å². The summed E-state index contributed by atoms with van der Waals surface area (Å²) in [5.74, 6) is -0.976. The Kier molecular flexibility index (Phi) is 5.04. The lowest BCUT2D eigenvalue weighted by molar-refractivity contribution is -0.134.